The van der Waals surface area contributed by atoms with Crippen molar-refractivity contribution in [3.05, 3.63) is 0 Å². The molecule has 8 nitrogen and oxygen atoms in total. The van der Waals surface area contributed by atoms with Gasteiger partial charge in [0.25, 0.3) is 0 Å². The highest BCUT2D eigenvalue weighted by molar-refractivity contribution is 7.50. The predicted molar refractivity (Wildman–Crippen MR) is 53.8 cm³/mol. The number of guanidine groups is 1. The highest BCUT2D eigenvalue weighted by Crippen LogP contribution is 2.36. The van der Waals surface area contributed by atoms with E-state index in [1.54, 1.807) is 0 Å². The fraction of sp³-hybridized carbons (Fsp3) is 0.833. The molecule has 90 valence electrons. The summed E-state index contributed by atoms with van der Waals surface area (Å²) in [7, 11) is -4.58. The highest BCUT2D eigenvalue weighted by Gasteiger charge is 2.16. The van der Waals surface area contributed by atoms with Crippen LogP contribution in [0.4, 0.5) is 0 Å². The van der Waals surface area contributed by atoms with Crippen molar-refractivity contribution in [2.75, 3.05) is 13.1 Å². The van der Waals surface area contributed by atoms with Gasteiger partial charge in [-0.05, 0) is 6.42 Å². The van der Waals surface area contributed by atoms with Crippen LogP contribution < -0.4 is 5.73 Å². The lowest BCUT2D eigenvalue weighted by Crippen LogP contribution is -2.42. The number of hydrogen-bond donors (Lipinski definition) is 5. The molecular weight excluding hydrogens is 225 g/mol. The first-order valence-electron chi connectivity index (χ1n) is 4.28. The van der Waals surface area contributed by atoms with Gasteiger partial charge >= 0.3 is 7.75 Å². The molecular formula is C6H16N3O5P. The van der Waals surface area contributed by atoms with Gasteiger partial charge in [-0.1, -0.05) is 6.92 Å². The third-order valence-corrected chi connectivity index (χ3v) is 1.90. The normalized spacial score (nSPS) is 13.3. The zero-order valence-corrected chi connectivity index (χ0v) is 9.21. The molecule has 0 aliphatic carbocycles. The Bertz CT molecular complexity index is 263. The van der Waals surface area contributed by atoms with Crippen LogP contribution in [0.5, 0.6) is 0 Å². The molecule has 0 aromatic heterocycles. The van der Waals surface area contributed by atoms with E-state index < -0.39 is 20.0 Å². The Balaban J connectivity index is 4.61. The Kier molecular flexibility index (Phi) is 5.77. The summed E-state index contributed by atoms with van der Waals surface area (Å²) in [6.45, 7) is 1.89. The van der Waals surface area contributed by atoms with Gasteiger partial charge in [-0.3, -0.25) is 0 Å². The lowest BCUT2D eigenvalue weighted by atomic mass is 10.4. The maximum absolute atomic E-state index is 10.5. The molecule has 0 aliphatic rings. The van der Waals surface area contributed by atoms with Gasteiger partial charge in [0.1, 0.15) is 0 Å². The van der Waals surface area contributed by atoms with Crippen molar-refractivity contribution in [1.82, 2.24) is 4.90 Å². The Morgan fingerprint density at radius 1 is 1.53 bits per heavy atom. The van der Waals surface area contributed by atoms with Crippen molar-refractivity contribution < 1.29 is 24.6 Å². The van der Waals surface area contributed by atoms with Crippen LogP contribution in [0, 0.1) is 0 Å². The van der Waals surface area contributed by atoms with Gasteiger partial charge < -0.3 is 30.6 Å². The maximum Gasteiger partial charge on any atom is 0.451 e. The monoisotopic (exact) mass is 241 g/mol. The van der Waals surface area contributed by atoms with Crippen molar-refractivity contribution in [1.29, 1.82) is 0 Å². The first-order valence-corrected chi connectivity index (χ1v) is 5.85. The molecule has 0 aliphatic heterocycles. The lowest BCUT2D eigenvalue weighted by Gasteiger charge is -2.23. The fourth-order valence-electron chi connectivity index (χ4n) is 0.963. The van der Waals surface area contributed by atoms with Gasteiger partial charge in [0.05, 0.1) is 6.54 Å². The number of hydrogen-bond acceptors (Lipinski definition) is 3. The Morgan fingerprint density at radius 3 is 2.40 bits per heavy atom. The fourth-order valence-corrected chi connectivity index (χ4v) is 1.36. The SMILES string of the molecule is CCCN(CC(O)O)C(N)=NP(=O)(O)O. The predicted octanol–water partition coefficient (Wildman–Crippen LogP) is -1.58. The minimum absolute atomic E-state index is 0.247. The van der Waals surface area contributed by atoms with E-state index in [1.165, 1.54) is 4.90 Å². The average Bonchev–Trinajstić information content (AvgIpc) is 1.99. The summed E-state index contributed by atoms with van der Waals surface area (Å²) in [5, 5.41) is 17.4. The third kappa shape index (κ3) is 7.29. The van der Waals surface area contributed by atoms with Gasteiger partial charge in [0.2, 0.25) is 5.96 Å². The van der Waals surface area contributed by atoms with Crippen LogP contribution in [0.2, 0.25) is 0 Å². The van der Waals surface area contributed by atoms with Crippen LogP contribution in [-0.2, 0) is 4.57 Å². The molecule has 0 rings (SSSR count). The molecule has 0 radical (unpaired) electrons. The van der Waals surface area contributed by atoms with Crippen molar-refractivity contribution in [2.24, 2.45) is 10.5 Å². The molecule has 0 bridgehead atoms. The van der Waals surface area contributed by atoms with Crippen LogP contribution in [-0.4, -0.2) is 50.2 Å². The number of aliphatic hydroxyl groups excluding tert-OH is 1. The lowest BCUT2D eigenvalue weighted by molar-refractivity contribution is -0.0513. The van der Waals surface area contributed by atoms with Crippen LogP contribution in [0.15, 0.2) is 4.76 Å². The van der Waals surface area contributed by atoms with Crippen LogP contribution in [0.1, 0.15) is 13.3 Å². The molecule has 0 saturated carbocycles. The molecule has 0 heterocycles. The van der Waals surface area contributed by atoms with Crippen molar-refractivity contribution >= 4 is 13.7 Å². The molecule has 0 amide bonds. The van der Waals surface area contributed by atoms with E-state index in [-0.39, 0.29) is 6.54 Å². The molecule has 6 N–H and O–H groups in total. The summed E-state index contributed by atoms with van der Waals surface area (Å²) in [5.74, 6) is -0.404. The summed E-state index contributed by atoms with van der Waals surface area (Å²) >= 11 is 0. The van der Waals surface area contributed by atoms with Crippen LogP contribution in [0.25, 0.3) is 0 Å². The standard InChI is InChI=1S/C6H16N3O5P/c1-2-3-9(4-5(10)11)6(7)8-15(12,13)14/h5,10-11H,2-4H2,1H3,(H4,7,8,12,13,14). The van der Waals surface area contributed by atoms with Gasteiger partial charge in [0, 0.05) is 6.54 Å². The second kappa shape index (κ2) is 6.04. The molecule has 0 unspecified atom stereocenters. The Hall–Kier alpha value is -0.660. The first kappa shape index (κ1) is 14.3. The van der Waals surface area contributed by atoms with E-state index in [1.807, 2.05) is 6.92 Å². The molecule has 0 saturated heterocycles. The number of nitrogens with zero attached hydrogens (tertiary/aromatic N) is 2. The van der Waals surface area contributed by atoms with E-state index in [2.05, 4.69) is 4.76 Å². The van der Waals surface area contributed by atoms with Gasteiger partial charge in [0.15, 0.2) is 6.29 Å². The van der Waals surface area contributed by atoms with Crippen molar-refractivity contribution in [2.45, 2.75) is 19.6 Å². The second-order valence-corrected chi connectivity index (χ2v) is 4.12. The quantitative estimate of drug-likeness (QED) is 0.169. The van der Waals surface area contributed by atoms with E-state index in [0.717, 1.165) is 0 Å². The minimum Gasteiger partial charge on any atom is -0.369 e. The topological polar surface area (TPSA) is 140 Å². The number of nitrogens with two attached hydrogens (primary N) is 1. The summed E-state index contributed by atoms with van der Waals surface area (Å²) in [6, 6.07) is 0. The van der Waals surface area contributed by atoms with Crippen LogP contribution >= 0.6 is 7.75 Å². The van der Waals surface area contributed by atoms with Crippen LogP contribution in [0.3, 0.4) is 0 Å². The molecule has 0 fully saturated rings. The van der Waals surface area contributed by atoms with Gasteiger partial charge in [-0.15, -0.1) is 4.76 Å². The summed E-state index contributed by atoms with van der Waals surface area (Å²) in [6.07, 6.45) is -1.01. The third-order valence-electron chi connectivity index (χ3n) is 1.43. The number of aliphatic hydroxyl groups is 2. The molecule has 15 heavy (non-hydrogen) atoms. The van der Waals surface area contributed by atoms with Crippen molar-refractivity contribution in [3.63, 3.8) is 0 Å². The zero-order valence-electron chi connectivity index (χ0n) is 8.31. The van der Waals surface area contributed by atoms with E-state index in [9.17, 15) is 4.57 Å². The van der Waals surface area contributed by atoms with E-state index in [4.69, 9.17) is 25.7 Å². The number of rotatable bonds is 5. The second-order valence-electron chi connectivity index (χ2n) is 2.90. The average molecular weight is 241 g/mol. The van der Waals surface area contributed by atoms with E-state index in [0.29, 0.717) is 13.0 Å². The highest BCUT2D eigenvalue weighted by atomic mass is 31.2. The van der Waals surface area contributed by atoms with Gasteiger partial charge in [-0.25, -0.2) is 4.57 Å². The minimum atomic E-state index is -4.58. The molecule has 9 heteroatoms. The smallest absolute Gasteiger partial charge is 0.369 e. The largest absolute Gasteiger partial charge is 0.451 e. The summed E-state index contributed by atoms with van der Waals surface area (Å²) < 4.78 is 13.5. The first-order chi connectivity index (χ1) is 6.76. The Morgan fingerprint density at radius 2 is 2.07 bits per heavy atom. The molecule has 0 spiro atoms. The van der Waals surface area contributed by atoms with Crippen molar-refractivity contribution in [3.8, 4) is 0 Å². The molecule has 0 atom stereocenters. The van der Waals surface area contributed by atoms with Gasteiger partial charge in [-0.2, -0.15) is 0 Å². The zero-order chi connectivity index (χ0) is 12.1. The summed E-state index contributed by atoms with van der Waals surface area (Å²) in [5.41, 5.74) is 5.30. The maximum atomic E-state index is 10.5. The summed E-state index contributed by atoms with van der Waals surface area (Å²) in [4.78, 5) is 18.2. The molecule has 0 aromatic rings. The Labute approximate surface area is 87.3 Å². The van der Waals surface area contributed by atoms with E-state index >= 15 is 0 Å². The molecule has 0 aromatic carbocycles.